The van der Waals surface area contributed by atoms with Crippen LogP contribution in [0.25, 0.3) is 10.9 Å². The van der Waals surface area contributed by atoms with Gasteiger partial charge in [-0.25, -0.2) is 4.98 Å². The highest BCUT2D eigenvalue weighted by atomic mass is 79.9. The number of carbonyl (C=O) groups excluding carboxylic acids is 1. The zero-order valence-corrected chi connectivity index (χ0v) is 15.9. The molecular formula is C17H20BrClN4O. The number of benzene rings is 1. The summed E-state index contributed by atoms with van der Waals surface area (Å²) in [6, 6.07) is 7.97. The van der Waals surface area contributed by atoms with E-state index in [0.717, 1.165) is 47.4 Å². The topological polar surface area (TPSA) is 48.5 Å². The standard InChI is InChI=1S/C17H20BrClN4O/c1-2-20-16(24)11-22-5-7-23(8-6-22)15-4-3-12-9-13(18)10-14(19)17(12)21-15/h3-4,9-10H,2,5-8,11H2,1H3,(H,20,24). The maximum atomic E-state index is 11.7. The van der Waals surface area contributed by atoms with Gasteiger partial charge < -0.3 is 10.2 Å². The largest absolute Gasteiger partial charge is 0.355 e. The van der Waals surface area contributed by atoms with Crippen molar-refractivity contribution in [3.63, 3.8) is 0 Å². The van der Waals surface area contributed by atoms with E-state index in [0.29, 0.717) is 18.1 Å². The quantitative estimate of drug-likeness (QED) is 0.840. The van der Waals surface area contributed by atoms with Gasteiger partial charge in [0.05, 0.1) is 17.1 Å². The summed E-state index contributed by atoms with van der Waals surface area (Å²) in [5.74, 6) is 1.02. The first-order chi connectivity index (χ1) is 11.6. The van der Waals surface area contributed by atoms with E-state index in [4.69, 9.17) is 16.6 Å². The number of rotatable bonds is 4. The second kappa shape index (κ2) is 7.68. The van der Waals surface area contributed by atoms with Gasteiger partial charge in [-0.05, 0) is 31.2 Å². The molecule has 128 valence electrons. The Hall–Kier alpha value is -1.37. The molecule has 0 atom stereocenters. The van der Waals surface area contributed by atoms with Crippen LogP contribution in [0.3, 0.4) is 0 Å². The van der Waals surface area contributed by atoms with Crippen molar-refractivity contribution >= 4 is 50.2 Å². The van der Waals surface area contributed by atoms with Gasteiger partial charge >= 0.3 is 0 Å². The maximum Gasteiger partial charge on any atom is 0.234 e. The molecular weight excluding hydrogens is 392 g/mol. The summed E-state index contributed by atoms with van der Waals surface area (Å²) in [4.78, 5) is 20.8. The van der Waals surface area contributed by atoms with E-state index >= 15 is 0 Å². The van der Waals surface area contributed by atoms with Gasteiger partial charge in [0.2, 0.25) is 5.91 Å². The van der Waals surface area contributed by atoms with Crippen molar-refractivity contribution in [3.8, 4) is 0 Å². The summed E-state index contributed by atoms with van der Waals surface area (Å²) < 4.78 is 0.952. The van der Waals surface area contributed by atoms with Gasteiger partial charge in [0.1, 0.15) is 5.82 Å². The Balaban J connectivity index is 1.68. The molecule has 0 spiro atoms. The molecule has 1 amide bonds. The van der Waals surface area contributed by atoms with E-state index in [1.165, 1.54) is 0 Å². The van der Waals surface area contributed by atoms with Gasteiger partial charge in [0.15, 0.2) is 0 Å². The number of hydrogen-bond donors (Lipinski definition) is 1. The summed E-state index contributed by atoms with van der Waals surface area (Å²) in [6.45, 7) is 6.49. The molecule has 0 aliphatic carbocycles. The first-order valence-electron chi connectivity index (χ1n) is 8.06. The first-order valence-corrected chi connectivity index (χ1v) is 9.23. The van der Waals surface area contributed by atoms with Crippen LogP contribution in [0.1, 0.15) is 6.92 Å². The molecule has 1 aliphatic rings. The molecule has 1 aliphatic heterocycles. The predicted octanol–water partition coefficient (Wildman–Crippen LogP) is 2.91. The number of piperazine rings is 1. The number of anilines is 1. The average Bonchev–Trinajstić information content (AvgIpc) is 2.55. The van der Waals surface area contributed by atoms with Crippen molar-refractivity contribution in [2.75, 3.05) is 44.2 Å². The van der Waals surface area contributed by atoms with Crippen molar-refractivity contribution in [1.82, 2.24) is 15.2 Å². The third kappa shape index (κ3) is 3.99. The highest BCUT2D eigenvalue weighted by molar-refractivity contribution is 9.10. The number of amides is 1. The van der Waals surface area contributed by atoms with Crippen molar-refractivity contribution in [1.29, 1.82) is 0 Å². The second-order valence-electron chi connectivity index (χ2n) is 5.85. The zero-order chi connectivity index (χ0) is 17.1. The molecule has 24 heavy (non-hydrogen) atoms. The molecule has 3 rings (SSSR count). The van der Waals surface area contributed by atoms with E-state index in [1.807, 2.05) is 25.1 Å². The van der Waals surface area contributed by atoms with Gasteiger partial charge in [-0.3, -0.25) is 9.69 Å². The van der Waals surface area contributed by atoms with Crippen molar-refractivity contribution in [3.05, 3.63) is 33.8 Å². The lowest BCUT2D eigenvalue weighted by atomic mass is 10.2. The number of pyridine rings is 1. The highest BCUT2D eigenvalue weighted by Crippen LogP contribution is 2.28. The van der Waals surface area contributed by atoms with Crippen LogP contribution in [0.4, 0.5) is 5.82 Å². The maximum absolute atomic E-state index is 11.7. The number of nitrogens with zero attached hydrogens (tertiary/aromatic N) is 3. The van der Waals surface area contributed by atoms with Crippen LogP contribution in [-0.2, 0) is 4.79 Å². The lowest BCUT2D eigenvalue weighted by Crippen LogP contribution is -2.49. The van der Waals surface area contributed by atoms with Gasteiger partial charge in [-0.1, -0.05) is 27.5 Å². The van der Waals surface area contributed by atoms with Gasteiger partial charge in [0.25, 0.3) is 0 Å². The first kappa shape index (κ1) is 17.5. The van der Waals surface area contributed by atoms with Gasteiger partial charge in [-0.15, -0.1) is 0 Å². The SMILES string of the molecule is CCNC(=O)CN1CCN(c2ccc3cc(Br)cc(Cl)c3n2)CC1. The van der Waals surface area contributed by atoms with E-state index in [1.54, 1.807) is 0 Å². The minimum Gasteiger partial charge on any atom is -0.355 e. The lowest BCUT2D eigenvalue weighted by Gasteiger charge is -2.35. The number of nitrogens with one attached hydrogen (secondary N) is 1. The molecule has 2 heterocycles. The van der Waals surface area contributed by atoms with Crippen LogP contribution in [0.5, 0.6) is 0 Å². The minimum absolute atomic E-state index is 0.0899. The summed E-state index contributed by atoms with van der Waals surface area (Å²) in [5, 5.41) is 4.51. The third-order valence-electron chi connectivity index (χ3n) is 4.13. The molecule has 1 fully saturated rings. The number of carbonyl (C=O) groups is 1. The minimum atomic E-state index is 0.0899. The van der Waals surface area contributed by atoms with Crippen LogP contribution in [0, 0.1) is 0 Å². The number of likely N-dealkylation sites (N-methyl/N-ethyl adjacent to an activating group) is 1. The monoisotopic (exact) mass is 410 g/mol. The van der Waals surface area contributed by atoms with Crippen LogP contribution >= 0.6 is 27.5 Å². The molecule has 5 nitrogen and oxygen atoms in total. The van der Waals surface area contributed by atoms with Crippen molar-refractivity contribution in [2.24, 2.45) is 0 Å². The smallest absolute Gasteiger partial charge is 0.234 e. The Labute approximate surface area is 155 Å². The van der Waals surface area contributed by atoms with E-state index in [-0.39, 0.29) is 5.91 Å². The Morgan fingerprint density at radius 2 is 2.04 bits per heavy atom. The summed E-state index contributed by atoms with van der Waals surface area (Å²) in [6.07, 6.45) is 0. The second-order valence-corrected chi connectivity index (χ2v) is 7.17. The normalized spacial score (nSPS) is 15.7. The molecule has 2 aromatic rings. The van der Waals surface area contributed by atoms with E-state index in [2.05, 4.69) is 37.1 Å². The number of fused-ring (bicyclic) bond motifs is 1. The van der Waals surface area contributed by atoms with E-state index in [9.17, 15) is 4.79 Å². The number of halogens is 2. The van der Waals surface area contributed by atoms with Crippen LogP contribution in [0.15, 0.2) is 28.7 Å². The fourth-order valence-electron chi connectivity index (χ4n) is 2.91. The van der Waals surface area contributed by atoms with Gasteiger partial charge in [0, 0.05) is 42.6 Å². The van der Waals surface area contributed by atoms with Crippen molar-refractivity contribution in [2.45, 2.75) is 6.92 Å². The molecule has 7 heteroatoms. The summed E-state index contributed by atoms with van der Waals surface area (Å²) in [7, 11) is 0. The predicted molar refractivity (Wildman–Crippen MR) is 102 cm³/mol. The average molecular weight is 412 g/mol. The van der Waals surface area contributed by atoms with Crippen LogP contribution < -0.4 is 10.2 Å². The Kier molecular flexibility index (Phi) is 5.58. The Morgan fingerprint density at radius 3 is 2.75 bits per heavy atom. The van der Waals surface area contributed by atoms with Gasteiger partial charge in [-0.2, -0.15) is 0 Å². The molecule has 1 N–H and O–H groups in total. The Bertz CT molecular complexity index is 747. The third-order valence-corrected chi connectivity index (χ3v) is 4.88. The zero-order valence-electron chi connectivity index (χ0n) is 13.6. The highest BCUT2D eigenvalue weighted by Gasteiger charge is 2.20. The molecule has 1 saturated heterocycles. The fourth-order valence-corrected chi connectivity index (χ4v) is 3.79. The lowest BCUT2D eigenvalue weighted by molar-refractivity contribution is -0.122. The number of aromatic nitrogens is 1. The number of hydrogen-bond acceptors (Lipinski definition) is 4. The summed E-state index contributed by atoms with van der Waals surface area (Å²) in [5.41, 5.74) is 0.821. The molecule has 1 aromatic carbocycles. The fraction of sp³-hybridized carbons (Fsp3) is 0.412. The molecule has 0 bridgehead atoms. The summed E-state index contributed by atoms with van der Waals surface area (Å²) >= 11 is 9.77. The van der Waals surface area contributed by atoms with E-state index < -0.39 is 0 Å². The molecule has 0 saturated carbocycles. The molecule has 0 radical (unpaired) electrons. The molecule has 1 aromatic heterocycles. The van der Waals surface area contributed by atoms with Crippen molar-refractivity contribution < 1.29 is 4.79 Å². The Morgan fingerprint density at radius 1 is 1.29 bits per heavy atom. The van der Waals surface area contributed by atoms with Crippen LogP contribution in [0.2, 0.25) is 5.02 Å². The molecule has 0 unspecified atom stereocenters. The van der Waals surface area contributed by atoms with Crippen LogP contribution in [-0.4, -0.2) is 55.1 Å².